The van der Waals surface area contributed by atoms with Crippen molar-refractivity contribution in [3.63, 3.8) is 0 Å². The van der Waals surface area contributed by atoms with Gasteiger partial charge >= 0.3 is 6.03 Å². The standard InChI is InChI=1S/C33H43FN4O7S2/c1-22-19-38(23(2)21-39)32(40)28-18-27(36-47(42,43)31-9-7-17-46-31)14-15-29(28)45-24(3)8-5-6-16-44-30(22)20-37(4)33(41)35-26-12-10-25(34)11-13-26/h7,9-15,17-18,22-24,30,36,39H,5-6,8,16,19-21H2,1-4H3,(H,35,41)/t22-,23+,24-,30-/m1/s1. The van der Waals surface area contributed by atoms with E-state index in [0.29, 0.717) is 24.5 Å². The van der Waals surface area contributed by atoms with E-state index < -0.39 is 39.9 Å². The highest BCUT2D eigenvalue weighted by Crippen LogP contribution is 2.30. The summed E-state index contributed by atoms with van der Waals surface area (Å²) in [6.45, 7) is 6.02. The van der Waals surface area contributed by atoms with Gasteiger partial charge in [-0.1, -0.05) is 13.0 Å². The highest BCUT2D eigenvalue weighted by atomic mass is 32.2. The van der Waals surface area contributed by atoms with Gasteiger partial charge in [-0.2, -0.15) is 0 Å². The van der Waals surface area contributed by atoms with E-state index in [9.17, 15) is 27.5 Å². The molecule has 3 aromatic rings. The summed E-state index contributed by atoms with van der Waals surface area (Å²) in [7, 11) is -2.24. The van der Waals surface area contributed by atoms with Gasteiger partial charge in [0.1, 0.15) is 15.8 Å². The predicted octanol–water partition coefficient (Wildman–Crippen LogP) is 5.65. The zero-order chi connectivity index (χ0) is 34.1. The second-order valence-corrected chi connectivity index (χ2v) is 14.7. The number of aliphatic hydroxyl groups is 1. The van der Waals surface area contributed by atoms with Gasteiger partial charge in [0.2, 0.25) is 0 Å². The van der Waals surface area contributed by atoms with Gasteiger partial charge in [0, 0.05) is 44.0 Å². The van der Waals surface area contributed by atoms with E-state index in [1.807, 2.05) is 13.8 Å². The number of anilines is 2. The maximum Gasteiger partial charge on any atom is 0.321 e. The number of rotatable bonds is 8. The predicted molar refractivity (Wildman–Crippen MR) is 180 cm³/mol. The van der Waals surface area contributed by atoms with Gasteiger partial charge in [-0.05, 0) is 87.0 Å². The van der Waals surface area contributed by atoms with Gasteiger partial charge in [0.25, 0.3) is 15.9 Å². The number of ether oxygens (including phenoxy) is 2. The number of amides is 3. The minimum atomic E-state index is -3.87. The van der Waals surface area contributed by atoms with Crippen molar-refractivity contribution in [1.82, 2.24) is 9.80 Å². The quantitative estimate of drug-likeness (QED) is 0.278. The zero-order valence-corrected chi connectivity index (χ0v) is 28.7. The number of hydrogen-bond acceptors (Lipinski definition) is 8. The Bertz CT molecular complexity index is 1590. The third-order valence-electron chi connectivity index (χ3n) is 7.96. The van der Waals surface area contributed by atoms with Crippen LogP contribution in [0.3, 0.4) is 0 Å². The highest BCUT2D eigenvalue weighted by Gasteiger charge is 2.31. The minimum Gasteiger partial charge on any atom is -0.490 e. The molecule has 1 aromatic heterocycles. The summed E-state index contributed by atoms with van der Waals surface area (Å²) >= 11 is 1.08. The fourth-order valence-electron chi connectivity index (χ4n) is 5.18. The Balaban J connectivity index is 1.61. The third kappa shape index (κ3) is 9.89. The number of benzene rings is 2. The molecule has 11 nitrogen and oxygen atoms in total. The van der Waals surface area contributed by atoms with Crippen LogP contribution in [0.5, 0.6) is 5.75 Å². The third-order valence-corrected chi connectivity index (χ3v) is 10.7. The molecule has 1 aliphatic rings. The molecule has 0 unspecified atom stereocenters. The molecule has 47 heavy (non-hydrogen) atoms. The van der Waals surface area contributed by atoms with Crippen molar-refractivity contribution >= 4 is 44.7 Å². The molecule has 256 valence electrons. The molecule has 0 saturated carbocycles. The number of nitrogens with one attached hydrogen (secondary N) is 2. The Morgan fingerprint density at radius 3 is 2.55 bits per heavy atom. The first kappa shape index (κ1) is 36.1. The number of fused-ring (bicyclic) bond motifs is 1. The summed E-state index contributed by atoms with van der Waals surface area (Å²) in [5.74, 6) is -0.836. The summed E-state index contributed by atoms with van der Waals surface area (Å²) in [6, 6.07) is 12.2. The number of carbonyl (C=O) groups is 2. The molecule has 3 N–H and O–H groups in total. The summed E-state index contributed by atoms with van der Waals surface area (Å²) in [5, 5.41) is 14.6. The molecule has 0 saturated heterocycles. The van der Waals surface area contributed by atoms with E-state index in [1.165, 1.54) is 46.2 Å². The van der Waals surface area contributed by atoms with E-state index in [1.54, 1.807) is 37.6 Å². The van der Waals surface area contributed by atoms with Crippen molar-refractivity contribution in [2.75, 3.05) is 43.4 Å². The van der Waals surface area contributed by atoms with E-state index in [-0.39, 0.29) is 47.2 Å². The maximum absolute atomic E-state index is 14.3. The second-order valence-electron chi connectivity index (χ2n) is 11.9. The molecule has 2 heterocycles. The van der Waals surface area contributed by atoms with Gasteiger partial charge in [-0.25, -0.2) is 17.6 Å². The average molecular weight is 691 g/mol. The molecular weight excluding hydrogens is 648 g/mol. The minimum absolute atomic E-state index is 0.139. The van der Waals surface area contributed by atoms with E-state index in [0.717, 1.165) is 24.2 Å². The molecule has 3 amide bonds. The monoisotopic (exact) mass is 690 g/mol. The molecular formula is C33H43FN4O7S2. The summed E-state index contributed by atoms with van der Waals surface area (Å²) in [4.78, 5) is 30.3. The number of nitrogens with zero attached hydrogens (tertiary/aromatic N) is 2. The van der Waals surface area contributed by atoms with Gasteiger partial charge in [-0.15, -0.1) is 11.3 Å². The molecule has 4 atom stereocenters. The van der Waals surface area contributed by atoms with Gasteiger partial charge < -0.3 is 29.7 Å². The number of carbonyl (C=O) groups excluding carboxylic acids is 2. The van der Waals surface area contributed by atoms with Crippen LogP contribution in [0.2, 0.25) is 0 Å². The molecule has 14 heteroatoms. The van der Waals surface area contributed by atoms with Crippen LogP contribution in [0.25, 0.3) is 0 Å². The fraction of sp³-hybridized carbons (Fsp3) is 0.455. The number of aliphatic hydroxyl groups excluding tert-OH is 1. The van der Waals surface area contributed by atoms with Crippen LogP contribution in [0, 0.1) is 11.7 Å². The SMILES string of the molecule is C[C@@H]1CCCCO[C@H](CN(C)C(=O)Nc2ccc(F)cc2)[C@H](C)CN([C@@H](C)CO)C(=O)c2cc(NS(=O)(=O)c3cccs3)ccc2O1. The molecule has 4 rings (SSSR count). The van der Waals surface area contributed by atoms with Gasteiger partial charge in [0.05, 0.1) is 30.4 Å². The Kier molecular flexibility index (Phi) is 12.6. The lowest BCUT2D eigenvalue weighted by atomic mass is 10.0. The Hall–Kier alpha value is -3.72. The number of thiophene rings is 1. The molecule has 0 fully saturated rings. The number of likely N-dealkylation sites (N-methyl/N-ethyl adjacent to an activating group) is 1. The van der Waals surface area contributed by atoms with Gasteiger partial charge in [-0.3, -0.25) is 9.52 Å². The van der Waals surface area contributed by atoms with Crippen LogP contribution in [-0.4, -0.2) is 86.9 Å². The lowest BCUT2D eigenvalue weighted by molar-refractivity contribution is -0.0115. The molecule has 1 aliphatic heterocycles. The first-order valence-corrected chi connectivity index (χ1v) is 17.9. The average Bonchev–Trinajstić information content (AvgIpc) is 3.60. The van der Waals surface area contributed by atoms with Crippen LogP contribution in [0.1, 0.15) is 50.4 Å². The Morgan fingerprint density at radius 2 is 1.87 bits per heavy atom. The number of sulfonamides is 1. The van der Waals surface area contributed by atoms with E-state index in [2.05, 4.69) is 10.0 Å². The van der Waals surface area contributed by atoms with Crippen molar-refractivity contribution in [1.29, 1.82) is 0 Å². The molecule has 0 bridgehead atoms. The number of urea groups is 1. The first-order chi connectivity index (χ1) is 22.4. The van der Waals surface area contributed by atoms with Crippen molar-refractivity contribution in [2.45, 2.75) is 62.5 Å². The topological polar surface area (TPSA) is 138 Å². The summed E-state index contributed by atoms with van der Waals surface area (Å²) < 4.78 is 54.5. The summed E-state index contributed by atoms with van der Waals surface area (Å²) in [6.07, 6.45) is 1.49. The fourth-order valence-corrected chi connectivity index (χ4v) is 7.22. The molecule has 0 radical (unpaired) electrons. The smallest absolute Gasteiger partial charge is 0.321 e. The van der Waals surface area contributed by atoms with Crippen molar-refractivity contribution in [2.24, 2.45) is 5.92 Å². The van der Waals surface area contributed by atoms with Crippen LogP contribution < -0.4 is 14.8 Å². The molecule has 0 spiro atoms. The molecule has 0 aliphatic carbocycles. The Labute approximate surface area is 279 Å². The number of halogens is 1. The zero-order valence-electron chi connectivity index (χ0n) is 27.0. The first-order valence-electron chi connectivity index (χ1n) is 15.6. The second kappa shape index (κ2) is 16.4. The van der Waals surface area contributed by atoms with Crippen LogP contribution >= 0.6 is 11.3 Å². The van der Waals surface area contributed by atoms with Crippen molar-refractivity contribution < 1.29 is 37.0 Å². The van der Waals surface area contributed by atoms with E-state index >= 15 is 0 Å². The van der Waals surface area contributed by atoms with Crippen LogP contribution in [-0.2, 0) is 14.8 Å². The highest BCUT2D eigenvalue weighted by molar-refractivity contribution is 7.94. The lowest BCUT2D eigenvalue weighted by Crippen LogP contribution is -2.48. The normalized spacial score (nSPS) is 20.3. The van der Waals surface area contributed by atoms with E-state index in [4.69, 9.17) is 9.47 Å². The summed E-state index contributed by atoms with van der Waals surface area (Å²) in [5.41, 5.74) is 0.799. The maximum atomic E-state index is 14.3. The van der Waals surface area contributed by atoms with Gasteiger partial charge in [0.15, 0.2) is 0 Å². The largest absolute Gasteiger partial charge is 0.490 e. The molecule has 2 aromatic carbocycles. The van der Waals surface area contributed by atoms with Crippen LogP contribution in [0.4, 0.5) is 20.6 Å². The van der Waals surface area contributed by atoms with Crippen molar-refractivity contribution in [3.8, 4) is 5.75 Å². The lowest BCUT2D eigenvalue weighted by Gasteiger charge is -2.35. The van der Waals surface area contributed by atoms with Crippen LogP contribution in [0.15, 0.2) is 64.2 Å². The number of hydrogen-bond donors (Lipinski definition) is 3. The van der Waals surface area contributed by atoms with Crippen molar-refractivity contribution in [3.05, 3.63) is 71.4 Å². The Morgan fingerprint density at radius 1 is 1.15 bits per heavy atom.